The van der Waals surface area contributed by atoms with E-state index in [9.17, 15) is 27.8 Å². The normalized spacial score (nSPS) is 16.4. The van der Waals surface area contributed by atoms with Crippen molar-refractivity contribution in [2.45, 2.75) is 57.8 Å². The van der Waals surface area contributed by atoms with Crippen LogP contribution in [0.1, 0.15) is 55.1 Å². The number of aliphatic hydroxyl groups is 2. The van der Waals surface area contributed by atoms with Crippen LogP contribution in [0.3, 0.4) is 0 Å². The molecule has 0 saturated carbocycles. The number of aromatic nitrogens is 1. The van der Waals surface area contributed by atoms with Crippen LogP contribution in [0.15, 0.2) is 30.3 Å². The third kappa shape index (κ3) is 6.72. The molecule has 0 fully saturated rings. The van der Waals surface area contributed by atoms with Crippen LogP contribution in [0.2, 0.25) is 0 Å². The smallest absolute Gasteiger partial charge is 0.305 e. The molecule has 0 unspecified atom stereocenters. The van der Waals surface area contributed by atoms with Gasteiger partial charge >= 0.3 is 5.97 Å². The standard InChI is InChI=1S/C25H31FN2O6S/c1-15(2)25-20(9-8-18(29)12-19(30)13-23(31)32)24(16-4-6-17(26)7-5-16)21-14-28(35(3,33)34)11-10-22(21)27-25/h4-9,15,18-19,29-30H,10-14H2,1-3H3,(H,31,32)/t18-,19-/m1/s1. The molecule has 0 saturated heterocycles. The van der Waals surface area contributed by atoms with Crippen LogP contribution in [0.5, 0.6) is 0 Å². The Hall–Kier alpha value is -2.66. The zero-order chi connectivity index (χ0) is 25.9. The van der Waals surface area contributed by atoms with E-state index in [-0.39, 0.29) is 18.9 Å². The lowest BCUT2D eigenvalue weighted by Gasteiger charge is -2.30. The number of benzene rings is 1. The third-order valence-electron chi connectivity index (χ3n) is 5.94. The second-order valence-electron chi connectivity index (χ2n) is 9.13. The number of nitrogens with zero attached hydrogens (tertiary/aromatic N) is 2. The highest BCUT2D eigenvalue weighted by atomic mass is 32.2. The lowest BCUT2D eigenvalue weighted by atomic mass is 9.87. The van der Waals surface area contributed by atoms with Gasteiger partial charge in [-0.05, 0) is 34.7 Å². The van der Waals surface area contributed by atoms with E-state index in [1.807, 2.05) is 13.8 Å². The van der Waals surface area contributed by atoms with E-state index in [0.717, 1.165) is 23.2 Å². The number of fused-ring (bicyclic) bond motifs is 1. The van der Waals surface area contributed by atoms with E-state index >= 15 is 0 Å². The molecule has 2 heterocycles. The van der Waals surface area contributed by atoms with E-state index in [1.165, 1.54) is 22.5 Å². The van der Waals surface area contributed by atoms with E-state index in [0.29, 0.717) is 29.7 Å². The Morgan fingerprint density at radius 1 is 1.23 bits per heavy atom. The molecule has 190 valence electrons. The fraction of sp³-hybridized carbons (Fsp3) is 0.440. The largest absolute Gasteiger partial charge is 0.481 e. The molecular weight excluding hydrogens is 475 g/mol. The molecule has 8 nitrogen and oxygen atoms in total. The summed E-state index contributed by atoms with van der Waals surface area (Å²) < 4.78 is 39.7. The van der Waals surface area contributed by atoms with Gasteiger partial charge in [0.15, 0.2) is 0 Å². The Bertz CT molecular complexity index is 1210. The Balaban J connectivity index is 2.15. The first kappa shape index (κ1) is 26.9. The van der Waals surface area contributed by atoms with E-state index in [1.54, 1.807) is 18.2 Å². The number of hydrogen-bond acceptors (Lipinski definition) is 6. The minimum atomic E-state index is -3.45. The molecule has 35 heavy (non-hydrogen) atoms. The number of aliphatic hydroxyl groups excluding tert-OH is 2. The van der Waals surface area contributed by atoms with Gasteiger partial charge in [-0.1, -0.05) is 38.1 Å². The Morgan fingerprint density at radius 2 is 1.89 bits per heavy atom. The zero-order valence-electron chi connectivity index (χ0n) is 20.0. The summed E-state index contributed by atoms with van der Waals surface area (Å²) in [5, 5.41) is 29.1. The number of carboxylic acids is 1. The first-order chi connectivity index (χ1) is 16.4. The lowest BCUT2D eigenvalue weighted by molar-refractivity contribution is -0.139. The molecule has 0 spiro atoms. The van der Waals surface area contributed by atoms with Crippen molar-refractivity contribution in [3.05, 3.63) is 58.7 Å². The highest BCUT2D eigenvalue weighted by molar-refractivity contribution is 7.88. The van der Waals surface area contributed by atoms with Crippen molar-refractivity contribution in [1.82, 2.24) is 9.29 Å². The van der Waals surface area contributed by atoms with Crippen LogP contribution < -0.4 is 0 Å². The van der Waals surface area contributed by atoms with Gasteiger partial charge < -0.3 is 15.3 Å². The fourth-order valence-electron chi connectivity index (χ4n) is 4.26. The molecule has 0 aliphatic carbocycles. The molecule has 1 aliphatic rings. The summed E-state index contributed by atoms with van der Waals surface area (Å²) in [6, 6.07) is 5.91. The van der Waals surface area contributed by atoms with Gasteiger partial charge in [-0.2, -0.15) is 4.31 Å². The number of halogens is 1. The van der Waals surface area contributed by atoms with Crippen LogP contribution in [0, 0.1) is 5.82 Å². The first-order valence-corrected chi connectivity index (χ1v) is 13.2. The van der Waals surface area contributed by atoms with Gasteiger partial charge in [-0.15, -0.1) is 0 Å². The average molecular weight is 507 g/mol. The van der Waals surface area contributed by atoms with E-state index in [2.05, 4.69) is 0 Å². The molecule has 2 atom stereocenters. The number of carbonyl (C=O) groups is 1. The molecule has 1 aliphatic heterocycles. The Kier molecular flexibility index (Phi) is 8.42. The van der Waals surface area contributed by atoms with Crippen molar-refractivity contribution in [3.63, 3.8) is 0 Å². The van der Waals surface area contributed by atoms with Crippen molar-refractivity contribution in [2.24, 2.45) is 0 Å². The molecule has 2 aromatic rings. The van der Waals surface area contributed by atoms with E-state index in [4.69, 9.17) is 10.1 Å². The van der Waals surface area contributed by atoms with Crippen LogP contribution in [-0.2, 0) is 27.8 Å². The molecule has 1 aromatic carbocycles. The second kappa shape index (κ2) is 10.9. The molecule has 1 aromatic heterocycles. The van der Waals surface area contributed by atoms with Crippen LogP contribution in [-0.4, -0.2) is 64.0 Å². The minimum Gasteiger partial charge on any atom is -0.481 e. The van der Waals surface area contributed by atoms with Crippen LogP contribution in [0.4, 0.5) is 4.39 Å². The molecule has 3 rings (SSSR count). The van der Waals surface area contributed by atoms with Crippen molar-refractivity contribution in [2.75, 3.05) is 12.8 Å². The predicted octanol–water partition coefficient (Wildman–Crippen LogP) is 2.93. The molecule has 3 N–H and O–H groups in total. The number of aliphatic carboxylic acids is 1. The van der Waals surface area contributed by atoms with Gasteiger partial charge in [-0.25, -0.2) is 12.8 Å². The monoisotopic (exact) mass is 506 g/mol. The van der Waals surface area contributed by atoms with Crippen molar-refractivity contribution < 1.29 is 32.9 Å². The average Bonchev–Trinajstić information content (AvgIpc) is 2.75. The maximum Gasteiger partial charge on any atom is 0.305 e. The Morgan fingerprint density at radius 3 is 2.46 bits per heavy atom. The highest BCUT2D eigenvalue weighted by Crippen LogP contribution is 2.38. The summed E-state index contributed by atoms with van der Waals surface area (Å²) in [6.45, 7) is 4.37. The fourth-order valence-corrected chi connectivity index (χ4v) is 5.05. The summed E-state index contributed by atoms with van der Waals surface area (Å²) in [6.07, 6.45) is 1.75. The number of hydrogen-bond donors (Lipinski definition) is 3. The summed E-state index contributed by atoms with van der Waals surface area (Å²) in [5.41, 5.74) is 4.29. The Labute approximate surface area is 204 Å². The van der Waals surface area contributed by atoms with Gasteiger partial charge in [0.05, 0.1) is 30.6 Å². The zero-order valence-corrected chi connectivity index (χ0v) is 20.8. The van der Waals surface area contributed by atoms with Gasteiger partial charge in [-0.3, -0.25) is 9.78 Å². The molecule has 10 heteroatoms. The van der Waals surface area contributed by atoms with Crippen LogP contribution >= 0.6 is 0 Å². The van der Waals surface area contributed by atoms with Gasteiger partial charge in [0.1, 0.15) is 5.82 Å². The SMILES string of the molecule is CC(C)c1nc2c(c(-c3ccc(F)cc3)c1C=C[C@@H](O)C[C@@H](O)CC(=O)O)CN(S(C)(=O)=O)CC2. The molecular formula is C25H31FN2O6S. The quantitative estimate of drug-likeness (QED) is 0.477. The number of pyridine rings is 1. The summed E-state index contributed by atoms with van der Waals surface area (Å²) in [4.78, 5) is 15.7. The maximum absolute atomic E-state index is 13.7. The third-order valence-corrected chi connectivity index (χ3v) is 7.19. The molecule has 0 bridgehead atoms. The number of rotatable bonds is 9. The highest BCUT2D eigenvalue weighted by Gasteiger charge is 2.29. The van der Waals surface area contributed by atoms with Crippen molar-refractivity contribution >= 4 is 22.1 Å². The molecule has 0 radical (unpaired) electrons. The number of carboxylic acid groups (broad SMARTS) is 1. The second-order valence-corrected chi connectivity index (χ2v) is 11.1. The topological polar surface area (TPSA) is 128 Å². The summed E-state index contributed by atoms with van der Waals surface area (Å²) in [7, 11) is -3.45. The number of sulfonamides is 1. The summed E-state index contributed by atoms with van der Waals surface area (Å²) >= 11 is 0. The van der Waals surface area contributed by atoms with Gasteiger partial charge in [0.25, 0.3) is 0 Å². The van der Waals surface area contributed by atoms with Gasteiger partial charge in [0.2, 0.25) is 10.0 Å². The first-order valence-electron chi connectivity index (χ1n) is 11.4. The lowest BCUT2D eigenvalue weighted by Crippen LogP contribution is -2.36. The van der Waals surface area contributed by atoms with Crippen LogP contribution in [0.25, 0.3) is 17.2 Å². The predicted molar refractivity (Wildman–Crippen MR) is 131 cm³/mol. The maximum atomic E-state index is 13.7. The summed E-state index contributed by atoms with van der Waals surface area (Å²) in [5.74, 6) is -1.58. The van der Waals surface area contributed by atoms with Crippen molar-refractivity contribution in [3.8, 4) is 11.1 Å². The van der Waals surface area contributed by atoms with Crippen molar-refractivity contribution in [1.29, 1.82) is 0 Å². The van der Waals surface area contributed by atoms with E-state index < -0.39 is 40.4 Å². The van der Waals surface area contributed by atoms with Gasteiger partial charge in [0, 0.05) is 37.2 Å². The minimum absolute atomic E-state index is 0.0122. The molecule has 0 amide bonds.